The topological polar surface area (TPSA) is 93.9 Å². The van der Waals surface area contributed by atoms with Gasteiger partial charge in [-0.05, 0) is 12.0 Å². The van der Waals surface area contributed by atoms with Gasteiger partial charge in [-0.1, -0.05) is 30.3 Å². The van der Waals surface area contributed by atoms with Crippen LogP contribution < -0.4 is 5.73 Å². The SMILES string of the molecule is N#CCCN(CCC#N)C(=O)[C@@H](N)Cc1ccccc1. The van der Waals surface area contributed by atoms with Gasteiger partial charge in [0.15, 0.2) is 0 Å². The van der Waals surface area contributed by atoms with E-state index in [0.29, 0.717) is 19.5 Å². The molecule has 1 atom stereocenters. The molecule has 0 bridgehead atoms. The Kier molecular flexibility index (Phi) is 6.81. The normalized spacial score (nSPS) is 11.2. The van der Waals surface area contributed by atoms with Gasteiger partial charge in [-0.15, -0.1) is 0 Å². The highest BCUT2D eigenvalue weighted by Crippen LogP contribution is 2.05. The average Bonchev–Trinajstić information content (AvgIpc) is 2.48. The number of hydrogen-bond acceptors (Lipinski definition) is 4. The number of carbonyl (C=O) groups excluding carboxylic acids is 1. The minimum absolute atomic E-state index is 0.209. The van der Waals surface area contributed by atoms with Crippen LogP contribution in [0.1, 0.15) is 18.4 Å². The maximum atomic E-state index is 12.2. The predicted octanol–water partition coefficient (Wildman–Crippen LogP) is 1.21. The zero-order valence-electron chi connectivity index (χ0n) is 11.3. The minimum atomic E-state index is -0.644. The highest BCUT2D eigenvalue weighted by molar-refractivity contribution is 5.82. The second-order valence-corrected chi connectivity index (χ2v) is 4.44. The third-order valence-electron chi connectivity index (χ3n) is 2.91. The molecule has 2 N–H and O–H groups in total. The summed E-state index contributed by atoms with van der Waals surface area (Å²) in [6, 6.07) is 12.9. The molecule has 0 saturated heterocycles. The molecule has 1 aromatic carbocycles. The fourth-order valence-corrected chi connectivity index (χ4v) is 1.89. The molecule has 0 aliphatic rings. The number of amides is 1. The summed E-state index contributed by atoms with van der Waals surface area (Å²) >= 11 is 0. The molecule has 0 aliphatic heterocycles. The van der Waals surface area contributed by atoms with Gasteiger partial charge in [0.05, 0.1) is 31.0 Å². The Labute approximate surface area is 119 Å². The Bertz CT molecular complexity index is 483. The number of carbonyl (C=O) groups is 1. The molecule has 104 valence electrons. The molecule has 0 saturated carbocycles. The number of hydrogen-bond donors (Lipinski definition) is 1. The van der Waals surface area contributed by atoms with Gasteiger partial charge in [-0.25, -0.2) is 0 Å². The van der Waals surface area contributed by atoms with E-state index in [1.54, 1.807) is 0 Å². The average molecular weight is 270 g/mol. The molecule has 20 heavy (non-hydrogen) atoms. The molecule has 0 radical (unpaired) electrons. The quantitative estimate of drug-likeness (QED) is 0.805. The van der Waals surface area contributed by atoms with Crippen LogP contribution >= 0.6 is 0 Å². The number of benzene rings is 1. The smallest absolute Gasteiger partial charge is 0.239 e. The molecular formula is C15H18N4O. The number of rotatable bonds is 7. The summed E-state index contributed by atoms with van der Waals surface area (Å²) in [7, 11) is 0. The van der Waals surface area contributed by atoms with E-state index >= 15 is 0 Å². The van der Waals surface area contributed by atoms with E-state index in [1.165, 1.54) is 4.90 Å². The Morgan fingerprint density at radius 1 is 1.15 bits per heavy atom. The zero-order chi connectivity index (χ0) is 14.8. The van der Waals surface area contributed by atoms with Crippen LogP contribution in [-0.4, -0.2) is 29.9 Å². The Hall–Kier alpha value is -2.37. The lowest BCUT2D eigenvalue weighted by Gasteiger charge is -2.24. The van der Waals surface area contributed by atoms with Gasteiger partial charge in [-0.3, -0.25) is 4.79 Å². The van der Waals surface area contributed by atoms with Gasteiger partial charge in [0, 0.05) is 13.1 Å². The highest BCUT2D eigenvalue weighted by atomic mass is 16.2. The Morgan fingerprint density at radius 2 is 1.70 bits per heavy atom. The van der Waals surface area contributed by atoms with E-state index in [0.717, 1.165) is 5.56 Å². The number of nitrogens with two attached hydrogens (primary N) is 1. The van der Waals surface area contributed by atoms with E-state index in [-0.39, 0.29) is 18.7 Å². The fraction of sp³-hybridized carbons (Fsp3) is 0.400. The first-order chi connectivity index (χ1) is 9.69. The second kappa shape index (κ2) is 8.68. The van der Waals surface area contributed by atoms with Crippen LogP contribution in [0.15, 0.2) is 30.3 Å². The van der Waals surface area contributed by atoms with Crippen molar-refractivity contribution in [3.8, 4) is 12.1 Å². The summed E-state index contributed by atoms with van der Waals surface area (Å²) in [6.07, 6.45) is 0.944. The number of nitrogens with zero attached hydrogens (tertiary/aromatic N) is 3. The van der Waals surface area contributed by atoms with Gasteiger partial charge in [0.25, 0.3) is 0 Å². The van der Waals surface area contributed by atoms with Gasteiger partial charge >= 0.3 is 0 Å². The first-order valence-corrected chi connectivity index (χ1v) is 6.51. The summed E-state index contributed by atoms with van der Waals surface area (Å²) in [4.78, 5) is 13.7. The van der Waals surface area contributed by atoms with Crippen molar-refractivity contribution in [2.24, 2.45) is 5.73 Å². The van der Waals surface area contributed by atoms with Crippen molar-refractivity contribution in [2.45, 2.75) is 25.3 Å². The monoisotopic (exact) mass is 270 g/mol. The first kappa shape index (κ1) is 15.7. The lowest BCUT2D eigenvalue weighted by Crippen LogP contribution is -2.45. The van der Waals surface area contributed by atoms with Crippen molar-refractivity contribution in [1.82, 2.24) is 4.90 Å². The van der Waals surface area contributed by atoms with Gasteiger partial charge in [0.2, 0.25) is 5.91 Å². The predicted molar refractivity (Wildman–Crippen MR) is 75.2 cm³/mol. The van der Waals surface area contributed by atoms with E-state index < -0.39 is 6.04 Å². The molecule has 0 aliphatic carbocycles. The molecule has 5 nitrogen and oxygen atoms in total. The zero-order valence-corrected chi connectivity index (χ0v) is 11.3. The van der Waals surface area contributed by atoms with Crippen molar-refractivity contribution < 1.29 is 4.79 Å². The molecule has 0 unspecified atom stereocenters. The van der Waals surface area contributed by atoms with Gasteiger partial charge in [0.1, 0.15) is 0 Å². The molecule has 5 heteroatoms. The summed E-state index contributed by atoms with van der Waals surface area (Å²) < 4.78 is 0. The standard InChI is InChI=1S/C15H18N4O/c16-8-4-10-19(11-5-9-17)15(20)14(18)12-13-6-2-1-3-7-13/h1-3,6-7,14H,4-5,10-12,18H2/t14-/m0/s1. The first-order valence-electron chi connectivity index (χ1n) is 6.51. The largest absolute Gasteiger partial charge is 0.339 e. The summed E-state index contributed by atoms with van der Waals surface area (Å²) in [5, 5.41) is 17.2. The summed E-state index contributed by atoms with van der Waals surface area (Å²) in [6.45, 7) is 0.638. The van der Waals surface area contributed by atoms with E-state index in [4.69, 9.17) is 16.3 Å². The van der Waals surface area contributed by atoms with Crippen molar-refractivity contribution in [2.75, 3.05) is 13.1 Å². The second-order valence-electron chi connectivity index (χ2n) is 4.44. The van der Waals surface area contributed by atoms with Gasteiger partial charge in [-0.2, -0.15) is 10.5 Å². The Balaban J connectivity index is 2.63. The molecule has 1 amide bonds. The van der Waals surface area contributed by atoms with Crippen LogP contribution in [0.2, 0.25) is 0 Å². The Morgan fingerprint density at radius 3 is 2.20 bits per heavy atom. The van der Waals surface area contributed by atoms with Crippen LogP contribution in [-0.2, 0) is 11.2 Å². The third-order valence-corrected chi connectivity index (χ3v) is 2.91. The van der Waals surface area contributed by atoms with E-state index in [2.05, 4.69) is 0 Å². The van der Waals surface area contributed by atoms with Crippen LogP contribution in [0.5, 0.6) is 0 Å². The highest BCUT2D eigenvalue weighted by Gasteiger charge is 2.20. The van der Waals surface area contributed by atoms with Crippen molar-refractivity contribution in [1.29, 1.82) is 10.5 Å². The molecule has 0 aromatic heterocycles. The fourth-order valence-electron chi connectivity index (χ4n) is 1.89. The number of nitriles is 2. The summed E-state index contributed by atoms with van der Waals surface area (Å²) in [5.41, 5.74) is 6.93. The maximum absolute atomic E-state index is 12.2. The van der Waals surface area contributed by atoms with E-state index in [1.807, 2.05) is 42.5 Å². The molecule has 0 heterocycles. The van der Waals surface area contributed by atoms with Crippen molar-refractivity contribution >= 4 is 5.91 Å². The molecule has 0 spiro atoms. The third kappa shape index (κ3) is 5.09. The molecule has 0 fully saturated rings. The molecular weight excluding hydrogens is 252 g/mol. The lowest BCUT2D eigenvalue weighted by atomic mass is 10.1. The van der Waals surface area contributed by atoms with Crippen LogP contribution in [0.3, 0.4) is 0 Å². The van der Waals surface area contributed by atoms with Gasteiger partial charge < -0.3 is 10.6 Å². The van der Waals surface area contributed by atoms with Crippen molar-refractivity contribution in [3.63, 3.8) is 0 Å². The lowest BCUT2D eigenvalue weighted by molar-refractivity contribution is -0.132. The van der Waals surface area contributed by atoms with Crippen LogP contribution in [0.4, 0.5) is 0 Å². The van der Waals surface area contributed by atoms with Crippen LogP contribution in [0.25, 0.3) is 0 Å². The molecule has 1 aromatic rings. The maximum Gasteiger partial charge on any atom is 0.239 e. The molecule has 1 rings (SSSR count). The van der Waals surface area contributed by atoms with E-state index in [9.17, 15) is 4.79 Å². The van der Waals surface area contributed by atoms with Crippen LogP contribution in [0, 0.1) is 22.7 Å². The van der Waals surface area contributed by atoms with Crippen molar-refractivity contribution in [3.05, 3.63) is 35.9 Å². The summed E-state index contributed by atoms with van der Waals surface area (Å²) in [5.74, 6) is -0.209. The minimum Gasteiger partial charge on any atom is -0.339 e.